The van der Waals surface area contributed by atoms with Gasteiger partial charge in [0.05, 0.1) is 11.0 Å². The zero-order chi connectivity index (χ0) is 17.3. The summed E-state index contributed by atoms with van der Waals surface area (Å²) < 4.78 is 5.34. The van der Waals surface area contributed by atoms with Gasteiger partial charge in [-0.2, -0.15) is 0 Å². The molecule has 1 aliphatic carbocycles. The number of fused-ring (bicyclic) bond motifs is 1. The van der Waals surface area contributed by atoms with Crippen LogP contribution in [0.15, 0.2) is 48.5 Å². The van der Waals surface area contributed by atoms with E-state index in [1.54, 1.807) is 36.4 Å². The van der Waals surface area contributed by atoms with Crippen LogP contribution in [0.4, 0.5) is 5.69 Å². The fraction of sp³-hybridized carbons (Fsp3) is 0.235. The van der Waals surface area contributed by atoms with Crippen molar-refractivity contribution in [2.75, 3.05) is 0 Å². The Hall–Kier alpha value is -2.77. The van der Waals surface area contributed by atoms with Crippen LogP contribution in [0.5, 0.6) is 0 Å². The molecule has 0 aliphatic heterocycles. The summed E-state index contributed by atoms with van der Waals surface area (Å²) in [5, 5.41) is 20.9. The summed E-state index contributed by atoms with van der Waals surface area (Å²) in [6.07, 6.45) is -1.69. The van der Waals surface area contributed by atoms with Gasteiger partial charge in [-0.1, -0.05) is 36.4 Å². The molecular formula is C17H16N2O5. The van der Waals surface area contributed by atoms with Crippen molar-refractivity contribution in [3.8, 4) is 0 Å². The Balaban J connectivity index is 1.73. The van der Waals surface area contributed by atoms with Gasteiger partial charge in [0.25, 0.3) is 5.69 Å². The SMILES string of the molecule is N[C@@H]1c2cc([N+](=O)[O-])ccc2C[C@H]1OC(=O)C(O)c1ccccc1. The van der Waals surface area contributed by atoms with Gasteiger partial charge in [0, 0.05) is 18.6 Å². The number of nitro benzene ring substituents is 1. The molecule has 24 heavy (non-hydrogen) atoms. The van der Waals surface area contributed by atoms with Gasteiger partial charge < -0.3 is 15.6 Å². The summed E-state index contributed by atoms with van der Waals surface area (Å²) in [6.45, 7) is 0. The first-order chi connectivity index (χ1) is 11.5. The van der Waals surface area contributed by atoms with E-state index >= 15 is 0 Å². The molecule has 0 radical (unpaired) electrons. The van der Waals surface area contributed by atoms with Crippen LogP contribution in [0.3, 0.4) is 0 Å². The van der Waals surface area contributed by atoms with Crippen LogP contribution in [-0.4, -0.2) is 22.1 Å². The molecule has 7 heteroatoms. The molecule has 3 N–H and O–H groups in total. The van der Waals surface area contributed by atoms with Gasteiger partial charge in [0.2, 0.25) is 0 Å². The van der Waals surface area contributed by atoms with Gasteiger partial charge in [-0.05, 0) is 16.7 Å². The van der Waals surface area contributed by atoms with Gasteiger partial charge >= 0.3 is 5.97 Å². The summed E-state index contributed by atoms with van der Waals surface area (Å²) in [6, 6.07) is 12.2. The van der Waals surface area contributed by atoms with Crippen molar-refractivity contribution in [3.05, 3.63) is 75.3 Å². The van der Waals surface area contributed by atoms with Crippen LogP contribution in [0.1, 0.15) is 28.8 Å². The molecule has 0 heterocycles. The molecule has 0 spiro atoms. The summed E-state index contributed by atoms with van der Waals surface area (Å²) in [4.78, 5) is 22.5. The van der Waals surface area contributed by atoms with E-state index < -0.39 is 29.1 Å². The Morgan fingerprint density at radius 2 is 2.00 bits per heavy atom. The van der Waals surface area contributed by atoms with E-state index in [0.29, 0.717) is 17.5 Å². The summed E-state index contributed by atoms with van der Waals surface area (Å²) in [5.41, 5.74) is 7.84. The monoisotopic (exact) mass is 328 g/mol. The second kappa shape index (κ2) is 6.38. The average Bonchev–Trinajstić information content (AvgIpc) is 2.90. The molecule has 1 unspecified atom stereocenters. The lowest BCUT2D eigenvalue weighted by atomic mass is 10.1. The number of nitro groups is 1. The minimum absolute atomic E-state index is 0.0551. The Labute approximate surface area is 137 Å². The van der Waals surface area contributed by atoms with Crippen molar-refractivity contribution in [1.82, 2.24) is 0 Å². The van der Waals surface area contributed by atoms with Crippen molar-refractivity contribution >= 4 is 11.7 Å². The standard InChI is InChI=1S/C17H16N2O5/c18-15-13-9-12(19(22)23)7-6-11(13)8-14(15)24-17(21)16(20)10-4-2-1-3-5-10/h1-7,9,14-16,20H,8,18H2/t14-,15-,16?/m1/s1. The van der Waals surface area contributed by atoms with E-state index in [-0.39, 0.29) is 5.69 Å². The van der Waals surface area contributed by atoms with E-state index in [2.05, 4.69) is 0 Å². The molecule has 0 aromatic heterocycles. The fourth-order valence-corrected chi connectivity index (χ4v) is 2.84. The van der Waals surface area contributed by atoms with Crippen LogP contribution >= 0.6 is 0 Å². The molecule has 1 aliphatic rings. The third-order valence-electron chi connectivity index (χ3n) is 4.13. The van der Waals surface area contributed by atoms with E-state index in [4.69, 9.17) is 10.5 Å². The van der Waals surface area contributed by atoms with Crippen LogP contribution in [-0.2, 0) is 16.0 Å². The predicted octanol–water partition coefficient (Wildman–Crippen LogP) is 1.80. The molecule has 0 saturated heterocycles. The Kier molecular flexibility index (Phi) is 4.28. The third kappa shape index (κ3) is 2.99. The largest absolute Gasteiger partial charge is 0.458 e. The highest BCUT2D eigenvalue weighted by Gasteiger charge is 2.35. The van der Waals surface area contributed by atoms with Crippen molar-refractivity contribution in [2.24, 2.45) is 5.73 Å². The second-order valence-electron chi connectivity index (χ2n) is 5.66. The number of esters is 1. The maximum Gasteiger partial charge on any atom is 0.340 e. The van der Waals surface area contributed by atoms with E-state index in [0.717, 1.165) is 5.56 Å². The van der Waals surface area contributed by atoms with Crippen LogP contribution in [0, 0.1) is 10.1 Å². The number of nitrogens with zero attached hydrogens (tertiary/aromatic N) is 1. The van der Waals surface area contributed by atoms with Crippen molar-refractivity contribution < 1.29 is 19.6 Å². The lowest BCUT2D eigenvalue weighted by molar-refractivity contribution is -0.384. The molecule has 2 aromatic rings. The Morgan fingerprint density at radius 3 is 2.67 bits per heavy atom. The molecule has 3 rings (SSSR count). The van der Waals surface area contributed by atoms with Crippen molar-refractivity contribution in [1.29, 1.82) is 0 Å². The van der Waals surface area contributed by atoms with Crippen LogP contribution in [0.25, 0.3) is 0 Å². The third-order valence-corrected chi connectivity index (χ3v) is 4.13. The van der Waals surface area contributed by atoms with Crippen molar-refractivity contribution in [2.45, 2.75) is 24.7 Å². The number of carbonyl (C=O) groups is 1. The maximum absolute atomic E-state index is 12.1. The number of aliphatic hydroxyl groups excluding tert-OH is 1. The number of rotatable bonds is 4. The van der Waals surface area contributed by atoms with Gasteiger partial charge in [-0.15, -0.1) is 0 Å². The molecule has 0 saturated carbocycles. The second-order valence-corrected chi connectivity index (χ2v) is 5.66. The number of aliphatic hydroxyl groups is 1. The normalized spacial score (nSPS) is 20.2. The van der Waals surface area contributed by atoms with Crippen LogP contribution < -0.4 is 5.73 Å². The summed E-state index contributed by atoms with van der Waals surface area (Å²) in [5.74, 6) is -0.788. The number of nitrogens with two attached hydrogens (primary N) is 1. The first-order valence-electron chi connectivity index (χ1n) is 7.43. The minimum Gasteiger partial charge on any atom is -0.458 e. The number of hydrogen-bond acceptors (Lipinski definition) is 6. The number of ether oxygens (including phenoxy) is 1. The topological polar surface area (TPSA) is 116 Å². The smallest absolute Gasteiger partial charge is 0.340 e. The molecule has 0 amide bonds. The average molecular weight is 328 g/mol. The van der Waals surface area contributed by atoms with Gasteiger partial charge in [0.1, 0.15) is 6.10 Å². The molecule has 124 valence electrons. The highest BCUT2D eigenvalue weighted by Crippen LogP contribution is 2.34. The zero-order valence-corrected chi connectivity index (χ0v) is 12.7. The van der Waals surface area contributed by atoms with E-state index in [9.17, 15) is 20.0 Å². The highest BCUT2D eigenvalue weighted by molar-refractivity contribution is 5.76. The molecule has 2 aromatic carbocycles. The maximum atomic E-state index is 12.1. The zero-order valence-electron chi connectivity index (χ0n) is 12.7. The number of hydrogen-bond donors (Lipinski definition) is 2. The van der Waals surface area contributed by atoms with Crippen LogP contribution in [0.2, 0.25) is 0 Å². The Bertz CT molecular complexity index is 778. The predicted molar refractivity (Wildman–Crippen MR) is 85.0 cm³/mol. The molecule has 0 bridgehead atoms. The van der Waals surface area contributed by atoms with E-state index in [1.165, 1.54) is 12.1 Å². The lowest BCUT2D eigenvalue weighted by Crippen LogP contribution is -2.30. The first kappa shape index (κ1) is 16.1. The molecule has 0 fully saturated rings. The van der Waals surface area contributed by atoms with Gasteiger partial charge in [0.15, 0.2) is 6.10 Å². The highest BCUT2D eigenvalue weighted by atomic mass is 16.6. The quantitative estimate of drug-likeness (QED) is 0.502. The summed E-state index contributed by atoms with van der Waals surface area (Å²) in [7, 11) is 0. The lowest BCUT2D eigenvalue weighted by Gasteiger charge is -2.19. The summed E-state index contributed by atoms with van der Waals surface area (Å²) >= 11 is 0. The molecular weight excluding hydrogens is 312 g/mol. The fourth-order valence-electron chi connectivity index (χ4n) is 2.84. The first-order valence-corrected chi connectivity index (χ1v) is 7.43. The number of carbonyl (C=O) groups excluding carboxylic acids is 1. The van der Waals surface area contributed by atoms with Gasteiger partial charge in [-0.25, -0.2) is 4.79 Å². The molecule has 3 atom stereocenters. The Morgan fingerprint density at radius 1 is 1.29 bits per heavy atom. The molecule has 7 nitrogen and oxygen atoms in total. The van der Waals surface area contributed by atoms with Gasteiger partial charge in [-0.3, -0.25) is 10.1 Å². The van der Waals surface area contributed by atoms with E-state index in [1.807, 2.05) is 0 Å². The number of non-ortho nitro benzene ring substituents is 1. The minimum atomic E-state index is -1.39. The number of benzene rings is 2. The van der Waals surface area contributed by atoms with Crippen molar-refractivity contribution in [3.63, 3.8) is 0 Å².